The molecule has 2 aromatic heterocycles. The normalized spacial score (nSPS) is 13.5. The molecule has 26 heavy (non-hydrogen) atoms. The van der Waals surface area contributed by atoms with Gasteiger partial charge in [-0.2, -0.15) is 0 Å². The summed E-state index contributed by atoms with van der Waals surface area (Å²) in [5.74, 6) is -1.08. The number of benzene rings is 1. The Morgan fingerprint density at radius 2 is 2.08 bits per heavy atom. The van der Waals surface area contributed by atoms with Gasteiger partial charge < -0.3 is 15.6 Å². The zero-order chi connectivity index (χ0) is 18.3. The molecule has 3 aromatic rings. The van der Waals surface area contributed by atoms with E-state index in [2.05, 4.69) is 19.9 Å². The Kier molecular flexibility index (Phi) is 3.83. The summed E-state index contributed by atoms with van der Waals surface area (Å²) in [6.07, 6.45) is 3.47. The lowest BCUT2D eigenvalue weighted by molar-refractivity contribution is 0.0995. The number of nitrogens with zero attached hydrogens (tertiary/aromatic N) is 4. The molecular formula is C17H14F2N6O. The Bertz CT molecular complexity index is 1000. The van der Waals surface area contributed by atoms with Gasteiger partial charge in [0, 0.05) is 19.0 Å². The van der Waals surface area contributed by atoms with Crippen LogP contribution in [-0.2, 0) is 13.0 Å². The molecule has 4 rings (SSSR count). The molecule has 0 bridgehead atoms. The van der Waals surface area contributed by atoms with Gasteiger partial charge in [0.25, 0.3) is 5.91 Å². The summed E-state index contributed by atoms with van der Waals surface area (Å²) < 4.78 is 27.1. The molecule has 3 heterocycles. The van der Waals surface area contributed by atoms with Crippen LogP contribution in [0.4, 0.5) is 14.6 Å². The molecule has 0 radical (unpaired) electrons. The van der Waals surface area contributed by atoms with E-state index in [4.69, 9.17) is 5.73 Å². The van der Waals surface area contributed by atoms with Crippen LogP contribution in [0.15, 0.2) is 30.6 Å². The van der Waals surface area contributed by atoms with Gasteiger partial charge in [0.15, 0.2) is 0 Å². The van der Waals surface area contributed by atoms with Crippen LogP contribution in [0.5, 0.6) is 0 Å². The lowest BCUT2D eigenvalue weighted by Crippen LogP contribution is -2.31. The van der Waals surface area contributed by atoms with Crippen LogP contribution in [-0.4, -0.2) is 32.4 Å². The van der Waals surface area contributed by atoms with Gasteiger partial charge in [-0.15, -0.1) is 0 Å². The molecule has 1 aromatic carbocycles. The molecule has 0 aliphatic carbocycles. The first-order valence-corrected chi connectivity index (χ1v) is 7.91. The number of nitrogens with one attached hydrogen (secondary N) is 1. The highest BCUT2D eigenvalue weighted by molar-refractivity contribution is 5.90. The van der Waals surface area contributed by atoms with E-state index < -0.39 is 17.5 Å². The van der Waals surface area contributed by atoms with Gasteiger partial charge in [-0.1, -0.05) is 0 Å². The Labute approximate surface area is 146 Å². The first kappa shape index (κ1) is 16.1. The summed E-state index contributed by atoms with van der Waals surface area (Å²) in [6.45, 7) is 1.06. The van der Waals surface area contributed by atoms with Crippen LogP contribution in [0.25, 0.3) is 11.4 Å². The zero-order valence-electron chi connectivity index (χ0n) is 13.5. The van der Waals surface area contributed by atoms with Crippen LogP contribution >= 0.6 is 0 Å². The van der Waals surface area contributed by atoms with Crippen molar-refractivity contribution >= 4 is 11.7 Å². The van der Waals surface area contributed by atoms with Gasteiger partial charge in [-0.3, -0.25) is 9.78 Å². The minimum atomic E-state index is -0.673. The van der Waals surface area contributed by atoms with Crippen molar-refractivity contribution in [2.45, 2.75) is 13.0 Å². The number of H-pyrrole nitrogens is 1. The third-order valence-corrected chi connectivity index (χ3v) is 4.22. The van der Waals surface area contributed by atoms with Crippen LogP contribution < -0.4 is 10.6 Å². The number of primary amides is 1. The van der Waals surface area contributed by atoms with Crippen molar-refractivity contribution in [2.75, 3.05) is 11.4 Å². The Balaban J connectivity index is 1.63. The van der Waals surface area contributed by atoms with Crippen molar-refractivity contribution < 1.29 is 13.6 Å². The standard InChI is InChI=1S/C17H14F2N6O/c18-9-1-2-10(11(19)5-9)17-23-12-3-4-25(8-14(12)24-17)15-7-21-6-13(22-15)16(20)26/h1-2,5-7H,3-4,8H2,(H2,20,26)(H,23,24). The Morgan fingerprint density at radius 3 is 2.85 bits per heavy atom. The predicted octanol–water partition coefficient (Wildman–Crippen LogP) is 1.81. The van der Waals surface area contributed by atoms with E-state index in [9.17, 15) is 13.6 Å². The van der Waals surface area contributed by atoms with Crippen molar-refractivity contribution in [2.24, 2.45) is 5.73 Å². The third-order valence-electron chi connectivity index (χ3n) is 4.22. The van der Waals surface area contributed by atoms with Crippen LogP contribution in [0.1, 0.15) is 21.9 Å². The van der Waals surface area contributed by atoms with Crippen molar-refractivity contribution in [3.05, 3.63) is 59.3 Å². The van der Waals surface area contributed by atoms with E-state index >= 15 is 0 Å². The van der Waals surface area contributed by atoms with Crippen LogP contribution in [0.2, 0.25) is 0 Å². The molecule has 0 saturated heterocycles. The van der Waals surface area contributed by atoms with Crippen molar-refractivity contribution in [1.29, 1.82) is 0 Å². The molecule has 1 aliphatic rings. The van der Waals surface area contributed by atoms with Gasteiger partial charge in [0.05, 0.1) is 35.9 Å². The number of hydrogen-bond acceptors (Lipinski definition) is 5. The van der Waals surface area contributed by atoms with Gasteiger partial charge >= 0.3 is 0 Å². The second-order valence-electron chi connectivity index (χ2n) is 5.93. The molecule has 1 amide bonds. The van der Waals surface area contributed by atoms with E-state index in [1.165, 1.54) is 18.3 Å². The topological polar surface area (TPSA) is 101 Å². The van der Waals surface area contributed by atoms with E-state index in [1.807, 2.05) is 4.90 Å². The number of nitrogens with two attached hydrogens (primary N) is 1. The molecule has 0 saturated carbocycles. The molecule has 0 unspecified atom stereocenters. The number of amides is 1. The van der Waals surface area contributed by atoms with E-state index in [0.717, 1.165) is 17.5 Å². The molecule has 0 fully saturated rings. The average Bonchev–Trinajstić information content (AvgIpc) is 3.04. The molecule has 7 nitrogen and oxygen atoms in total. The Hall–Kier alpha value is -3.36. The highest BCUT2D eigenvalue weighted by atomic mass is 19.1. The molecule has 1 aliphatic heterocycles. The molecule has 0 atom stereocenters. The number of halogens is 2. The third kappa shape index (κ3) is 2.87. The smallest absolute Gasteiger partial charge is 0.268 e. The van der Waals surface area contributed by atoms with Gasteiger partial charge in [0.1, 0.15) is 29.0 Å². The highest BCUT2D eigenvalue weighted by Crippen LogP contribution is 2.26. The first-order chi connectivity index (χ1) is 12.5. The minimum Gasteiger partial charge on any atom is -0.364 e. The van der Waals surface area contributed by atoms with Crippen molar-refractivity contribution in [3.8, 4) is 11.4 Å². The zero-order valence-corrected chi connectivity index (χ0v) is 13.5. The fourth-order valence-electron chi connectivity index (χ4n) is 2.93. The maximum absolute atomic E-state index is 14.0. The average molecular weight is 356 g/mol. The lowest BCUT2D eigenvalue weighted by Gasteiger charge is -2.26. The predicted molar refractivity (Wildman–Crippen MR) is 89.2 cm³/mol. The number of carbonyl (C=O) groups is 1. The number of aromatic nitrogens is 4. The monoisotopic (exact) mass is 356 g/mol. The van der Waals surface area contributed by atoms with E-state index in [0.29, 0.717) is 31.2 Å². The SMILES string of the molecule is NC(=O)c1cncc(N2CCc3nc(-c4ccc(F)cc4F)[nH]c3C2)n1. The van der Waals surface area contributed by atoms with Gasteiger partial charge in [-0.25, -0.2) is 18.7 Å². The number of fused-ring (bicyclic) bond motifs is 1. The second-order valence-corrected chi connectivity index (χ2v) is 5.93. The first-order valence-electron chi connectivity index (χ1n) is 7.91. The summed E-state index contributed by atoms with van der Waals surface area (Å²) in [5, 5.41) is 0. The highest BCUT2D eigenvalue weighted by Gasteiger charge is 2.23. The summed E-state index contributed by atoms with van der Waals surface area (Å²) in [5.41, 5.74) is 7.17. The van der Waals surface area contributed by atoms with Gasteiger partial charge in [0.2, 0.25) is 0 Å². The number of rotatable bonds is 3. The molecule has 9 heteroatoms. The summed E-state index contributed by atoms with van der Waals surface area (Å²) in [7, 11) is 0. The van der Waals surface area contributed by atoms with Crippen LogP contribution in [0, 0.1) is 11.6 Å². The van der Waals surface area contributed by atoms with Crippen molar-refractivity contribution in [1.82, 2.24) is 19.9 Å². The number of hydrogen-bond donors (Lipinski definition) is 2. The number of aromatic amines is 1. The second kappa shape index (κ2) is 6.17. The largest absolute Gasteiger partial charge is 0.364 e. The molecule has 3 N–H and O–H groups in total. The summed E-state index contributed by atoms with van der Waals surface area (Å²) in [6, 6.07) is 3.37. The fourth-order valence-corrected chi connectivity index (χ4v) is 2.93. The van der Waals surface area contributed by atoms with Crippen molar-refractivity contribution in [3.63, 3.8) is 0 Å². The maximum atomic E-state index is 14.0. The number of imidazole rings is 1. The number of anilines is 1. The maximum Gasteiger partial charge on any atom is 0.268 e. The van der Waals surface area contributed by atoms with Gasteiger partial charge in [-0.05, 0) is 12.1 Å². The van der Waals surface area contributed by atoms with Crippen LogP contribution in [0.3, 0.4) is 0 Å². The van der Waals surface area contributed by atoms with E-state index in [1.54, 1.807) is 6.20 Å². The quantitative estimate of drug-likeness (QED) is 0.745. The summed E-state index contributed by atoms with van der Waals surface area (Å²) >= 11 is 0. The molecule has 132 valence electrons. The fraction of sp³-hybridized carbons (Fsp3) is 0.176. The Morgan fingerprint density at radius 1 is 1.23 bits per heavy atom. The summed E-state index contributed by atoms with van der Waals surface area (Å²) in [4.78, 5) is 28.9. The minimum absolute atomic E-state index is 0.0898. The number of carbonyl (C=O) groups excluding carboxylic acids is 1. The van der Waals surface area contributed by atoms with E-state index in [-0.39, 0.29) is 11.3 Å². The molecular weight excluding hydrogens is 342 g/mol. The lowest BCUT2D eigenvalue weighted by atomic mass is 10.1. The molecule has 0 spiro atoms.